The fourth-order valence-corrected chi connectivity index (χ4v) is 17.0. The molecule has 0 atom stereocenters. The standard InChI is InChI=1S/C27H27FN6O2.C27H26FN5O.2C26H25FN6O/c1-19-14-21(8-9-22(19)28)23-15-24(20-6-4-3-5-7-20)34(31-23)17-27(35)33-12-10-32(11-13-33)25-16-26(36-2)30-18-29-25;1-20-17-22(10-11-23(20)28)24-18-25(21-7-3-2-4-8-21)33(30-24)19-27(34)32-15-13-31(14-16-32)26-9-5-6-12-29-26;1-19-16-21(8-9-22(19)27)23-17-24(20-6-3-2-4-7-20)33(30-23)18-25(34)31-12-14-32(15-13-31)26-28-10-5-11-29-26;1-19-16-21(9-10-22(19)27)23-17-24(20-6-3-2-4-7-20)33(30-23)18-26(34)32-14-12-31(13-15-32)25-8-5-11-28-29-25/h3-9,14-16,18H,10-13,17H2,1-2H3;2-12,17-18H,13-16,19H2,1H3;2*2-11,16-17H,12-15,18H2,1H3. The van der Waals surface area contributed by atoms with Crippen molar-refractivity contribution in [2.75, 3.05) is 131 Å². The summed E-state index contributed by atoms with van der Waals surface area (Å²) in [5.41, 5.74) is 15.6. The van der Waals surface area contributed by atoms with Crippen LogP contribution in [0.5, 0.6) is 5.88 Å². The summed E-state index contributed by atoms with van der Waals surface area (Å²) in [6, 6.07) is 80.4. The molecule has 32 heteroatoms. The second kappa shape index (κ2) is 43.7. The topological polar surface area (TPSA) is 265 Å². The Kier molecular flexibility index (Phi) is 29.6. The first kappa shape index (κ1) is 93.4. The zero-order chi connectivity index (χ0) is 95.5. The van der Waals surface area contributed by atoms with Gasteiger partial charge in [0.05, 0.1) is 52.7 Å². The van der Waals surface area contributed by atoms with Gasteiger partial charge in [-0.15, -0.1) is 5.10 Å². The summed E-state index contributed by atoms with van der Waals surface area (Å²) in [6.45, 7) is 17.9. The molecule has 0 N–H and O–H groups in total. The van der Waals surface area contributed by atoms with Crippen LogP contribution in [0.3, 0.4) is 0 Å². The van der Waals surface area contributed by atoms with Gasteiger partial charge in [-0.1, -0.05) is 127 Å². The van der Waals surface area contributed by atoms with E-state index in [0.29, 0.717) is 143 Å². The Bertz CT molecular complexity index is 6370. The van der Waals surface area contributed by atoms with Gasteiger partial charge in [-0.25, -0.2) is 42.5 Å². The molecule has 138 heavy (non-hydrogen) atoms. The van der Waals surface area contributed by atoms with Crippen molar-refractivity contribution in [1.82, 2.24) is 93.8 Å². The summed E-state index contributed by atoms with van der Waals surface area (Å²) in [5.74, 6) is 2.80. The van der Waals surface area contributed by atoms with E-state index in [1.165, 1.54) is 30.6 Å². The molecular formula is C106H103F4N23O5. The van der Waals surface area contributed by atoms with Crippen molar-refractivity contribution in [3.63, 3.8) is 0 Å². The molecule has 0 bridgehead atoms. The van der Waals surface area contributed by atoms with Crippen molar-refractivity contribution in [3.8, 4) is 95.9 Å². The van der Waals surface area contributed by atoms with Crippen LogP contribution in [-0.4, -0.2) is 229 Å². The van der Waals surface area contributed by atoms with Gasteiger partial charge in [-0.05, 0) is 200 Å². The van der Waals surface area contributed by atoms with Gasteiger partial charge in [0.1, 0.15) is 67.4 Å². The Labute approximate surface area is 796 Å². The van der Waals surface area contributed by atoms with Gasteiger partial charge >= 0.3 is 0 Å². The van der Waals surface area contributed by atoms with Crippen molar-refractivity contribution in [1.29, 1.82) is 0 Å². The molecule has 0 spiro atoms. The number of methoxy groups -OCH3 is 1. The van der Waals surface area contributed by atoms with E-state index in [1.807, 2.05) is 196 Å². The molecule has 4 amide bonds. The summed E-state index contributed by atoms with van der Waals surface area (Å²) in [6.07, 6.45) is 8.37. The largest absolute Gasteiger partial charge is 0.481 e. The van der Waals surface area contributed by atoms with Crippen LogP contribution in [0.4, 0.5) is 41.0 Å². The zero-order valence-electron chi connectivity index (χ0n) is 77.2. The third-order valence-electron chi connectivity index (χ3n) is 24.7. The van der Waals surface area contributed by atoms with E-state index in [0.717, 1.165) is 104 Å². The maximum absolute atomic E-state index is 13.8. The van der Waals surface area contributed by atoms with Gasteiger partial charge < -0.3 is 43.9 Å². The molecule has 0 unspecified atom stereocenters. The summed E-state index contributed by atoms with van der Waals surface area (Å²) in [5, 5.41) is 27.1. The minimum Gasteiger partial charge on any atom is -0.481 e. The number of nitrogens with zero attached hydrogens (tertiary/aromatic N) is 23. The normalized spacial score (nSPS) is 13.8. The minimum absolute atomic E-state index is 0.00274. The maximum atomic E-state index is 13.8. The summed E-state index contributed by atoms with van der Waals surface area (Å²) in [7, 11) is 1.57. The third kappa shape index (κ3) is 22.8. The number of aryl methyl sites for hydroxylation is 4. The van der Waals surface area contributed by atoms with Gasteiger partial charge in [-0.2, -0.15) is 25.5 Å². The molecule has 28 nitrogen and oxygen atoms in total. The van der Waals surface area contributed by atoms with Gasteiger partial charge in [0.2, 0.25) is 35.5 Å². The van der Waals surface area contributed by atoms with Crippen LogP contribution in [0.25, 0.3) is 90.1 Å². The van der Waals surface area contributed by atoms with E-state index in [4.69, 9.17) is 25.1 Å². The lowest BCUT2D eigenvalue weighted by Gasteiger charge is -2.35. The minimum atomic E-state index is -0.254. The Morgan fingerprint density at radius 2 is 0.587 bits per heavy atom. The summed E-state index contributed by atoms with van der Waals surface area (Å²) in [4.78, 5) is 90.3. The number of ether oxygens (including phenoxy) is 1. The zero-order valence-corrected chi connectivity index (χ0v) is 77.2. The first-order valence-corrected chi connectivity index (χ1v) is 45.8. The van der Waals surface area contributed by atoms with Crippen LogP contribution >= 0.6 is 0 Å². The number of amides is 4. The molecule has 4 saturated heterocycles. The van der Waals surface area contributed by atoms with Crippen molar-refractivity contribution < 1.29 is 41.5 Å². The lowest BCUT2D eigenvalue weighted by molar-refractivity contribution is -0.133. The van der Waals surface area contributed by atoms with Crippen LogP contribution in [0.2, 0.25) is 0 Å². The quantitative estimate of drug-likeness (QED) is 0.0605. The molecule has 16 aromatic rings. The first-order chi connectivity index (χ1) is 67.3. The molecule has 20 rings (SSSR count). The molecule has 4 aliphatic rings. The fraction of sp³-hybridized carbons (Fsp3) is 0.236. The second-order valence-corrected chi connectivity index (χ2v) is 33.8. The Morgan fingerprint density at radius 3 is 0.891 bits per heavy atom. The lowest BCUT2D eigenvalue weighted by Crippen LogP contribution is -2.50. The second-order valence-electron chi connectivity index (χ2n) is 33.8. The van der Waals surface area contributed by atoms with E-state index in [-0.39, 0.29) is 73.1 Å². The smallest absolute Gasteiger partial charge is 0.244 e. The van der Waals surface area contributed by atoms with Gasteiger partial charge in [0.25, 0.3) is 0 Å². The van der Waals surface area contributed by atoms with Crippen molar-refractivity contribution in [2.24, 2.45) is 0 Å². The maximum Gasteiger partial charge on any atom is 0.244 e. The predicted molar refractivity (Wildman–Crippen MR) is 523 cm³/mol. The van der Waals surface area contributed by atoms with Gasteiger partial charge in [0, 0.05) is 158 Å². The van der Waals surface area contributed by atoms with Crippen LogP contribution in [0, 0.1) is 51.0 Å². The molecule has 8 aromatic heterocycles. The number of carbonyl (C=O) groups excluding carboxylic acids is 4. The van der Waals surface area contributed by atoms with E-state index >= 15 is 0 Å². The highest BCUT2D eigenvalue weighted by molar-refractivity contribution is 5.82. The van der Waals surface area contributed by atoms with Crippen LogP contribution in [0.1, 0.15) is 22.3 Å². The van der Waals surface area contributed by atoms with E-state index in [1.54, 1.807) is 139 Å². The van der Waals surface area contributed by atoms with E-state index < -0.39 is 0 Å². The van der Waals surface area contributed by atoms with E-state index in [2.05, 4.69) is 54.7 Å². The molecule has 0 aliphatic carbocycles. The van der Waals surface area contributed by atoms with Gasteiger partial charge in [-0.3, -0.25) is 37.9 Å². The molecule has 4 aliphatic heterocycles. The Hall–Kier alpha value is -16.4. The molecule has 700 valence electrons. The predicted octanol–water partition coefficient (Wildman–Crippen LogP) is 15.8. The molecular weight excluding hydrogens is 1750 g/mol. The number of hydrogen-bond donors (Lipinski definition) is 0. The summed E-state index contributed by atoms with van der Waals surface area (Å²) < 4.78 is 67.4. The number of rotatable bonds is 21. The molecule has 4 fully saturated rings. The highest BCUT2D eigenvalue weighted by Gasteiger charge is 2.31. The van der Waals surface area contributed by atoms with Crippen molar-refractivity contribution in [2.45, 2.75) is 53.9 Å². The average Bonchev–Trinajstić information content (AvgIpc) is 1.67. The van der Waals surface area contributed by atoms with Gasteiger partial charge in [0.15, 0.2) is 5.82 Å². The van der Waals surface area contributed by atoms with E-state index in [9.17, 15) is 36.7 Å². The monoisotopic (exact) mass is 1850 g/mol. The van der Waals surface area contributed by atoms with Crippen LogP contribution in [0.15, 0.2) is 292 Å². The number of benzene rings is 8. The number of halogens is 4. The number of anilines is 4. The van der Waals surface area contributed by atoms with Crippen LogP contribution < -0.4 is 24.3 Å². The Morgan fingerprint density at radius 1 is 0.283 bits per heavy atom. The number of aromatic nitrogens is 15. The first-order valence-electron chi connectivity index (χ1n) is 45.8. The molecule has 0 saturated carbocycles. The highest BCUT2D eigenvalue weighted by atomic mass is 19.1. The van der Waals surface area contributed by atoms with Crippen LogP contribution in [-0.2, 0) is 45.4 Å². The Balaban J connectivity index is 0.000000127. The summed E-state index contributed by atoms with van der Waals surface area (Å²) >= 11 is 0. The highest BCUT2D eigenvalue weighted by Crippen LogP contribution is 2.35. The van der Waals surface area contributed by atoms with Crippen molar-refractivity contribution in [3.05, 3.63) is 337 Å². The fourth-order valence-electron chi connectivity index (χ4n) is 17.0. The average molecular weight is 1860 g/mol. The molecule has 12 heterocycles. The number of hydrogen-bond acceptors (Lipinski definition) is 20. The molecule has 0 radical (unpaired) electrons. The lowest BCUT2D eigenvalue weighted by atomic mass is 10.1. The molecule has 8 aromatic carbocycles. The van der Waals surface area contributed by atoms with Crippen molar-refractivity contribution >= 4 is 47.0 Å². The number of piperazine rings is 4. The number of pyridine rings is 1. The third-order valence-corrected chi connectivity index (χ3v) is 24.7. The SMILES string of the molecule is COc1cc(N2CCN(C(=O)Cn3nc(-c4ccc(F)c(C)c4)cc3-c3ccccc3)CC2)ncn1.Cc1cc(-c2cc(-c3ccccc3)n(CC(=O)N3CCN(c4ccccn4)CC3)n2)ccc1F.Cc1cc(-c2cc(-c3ccccc3)n(CC(=O)N3CCN(c4cccnn4)CC3)n2)ccc1F.Cc1cc(-c2cc(-c3ccccc3)n(CC(=O)N3CCN(c4ncccn4)CC3)n2)ccc1F. The number of carbonyl (C=O) groups is 4.